The number of aromatic nitrogens is 8. The minimum absolute atomic E-state index is 0.0268. The second kappa shape index (κ2) is 28.4. The van der Waals surface area contributed by atoms with E-state index in [9.17, 15) is 24.0 Å². The first-order valence-electron chi connectivity index (χ1n) is 24.6. The molecule has 0 radical (unpaired) electrons. The molecule has 4 aromatic heterocycles. The Morgan fingerprint density at radius 3 is 1.17 bits per heavy atom. The van der Waals surface area contributed by atoms with Gasteiger partial charge in [-0.1, -0.05) is 136 Å². The fourth-order valence-corrected chi connectivity index (χ4v) is 12.4. The lowest BCUT2D eigenvalue weighted by Gasteiger charge is -2.30. The molecule has 0 spiro atoms. The minimum atomic E-state index is -1.25. The number of carbonyl (C=O) groups excluding carboxylic acids is 5. The van der Waals surface area contributed by atoms with Crippen molar-refractivity contribution in [2.45, 2.75) is 79.6 Å². The van der Waals surface area contributed by atoms with E-state index in [0.29, 0.717) is 51.2 Å². The monoisotopic (exact) mass is 1160 g/mol. The maximum absolute atomic E-state index is 14.1. The molecule has 3 aromatic carbocycles. The molecule has 25 heteroatoms. The number of carbonyl (C=O) groups is 5. The van der Waals surface area contributed by atoms with E-state index in [-0.39, 0.29) is 55.4 Å². The molecule has 4 heterocycles. The molecule has 7 aromatic rings. The van der Waals surface area contributed by atoms with Crippen LogP contribution in [0.15, 0.2) is 91.0 Å². The summed E-state index contributed by atoms with van der Waals surface area (Å²) in [6.07, 6.45) is 2.74. The molecule has 0 aliphatic carbocycles. The fraction of sp³-hybridized carbons (Fsp3) is 0.404. The second-order valence-electron chi connectivity index (χ2n) is 19.1. The molecule has 7 rings (SSSR count). The van der Waals surface area contributed by atoms with E-state index in [1.165, 1.54) is 60.0 Å². The smallest absolute Gasteiger partial charge is 0.315 e. The summed E-state index contributed by atoms with van der Waals surface area (Å²) in [6.45, 7) is 7.87. The number of aryl methyl sites for hydroxylation is 4. The van der Waals surface area contributed by atoms with Gasteiger partial charge in [-0.3, -0.25) is 38.7 Å². The third kappa shape index (κ3) is 18.2. The number of nitrogens with two attached hydrogens (primary N) is 1. The Hall–Kier alpha value is -6.25. The molecular formula is C52H60N12O7S6. The molecule has 77 heavy (non-hydrogen) atoms. The largest absolute Gasteiger partial charge is 0.443 e. The number of thioether (sulfide) groups is 2. The molecule has 0 bridgehead atoms. The van der Waals surface area contributed by atoms with E-state index in [1.807, 2.05) is 91.0 Å². The normalized spacial score (nSPS) is 11.5. The van der Waals surface area contributed by atoms with Crippen LogP contribution in [-0.4, -0.2) is 113 Å². The molecule has 2 N–H and O–H groups in total. The van der Waals surface area contributed by atoms with Crippen LogP contribution in [0.5, 0.6) is 0 Å². The van der Waals surface area contributed by atoms with Crippen LogP contribution in [0.25, 0.3) is 0 Å². The van der Waals surface area contributed by atoms with Crippen molar-refractivity contribution >= 4 is 119 Å². The number of nitrogens with zero attached hydrogens (tertiary/aromatic N) is 11. The van der Waals surface area contributed by atoms with Crippen LogP contribution in [0.2, 0.25) is 0 Å². The van der Waals surface area contributed by atoms with E-state index in [0.717, 1.165) is 49.6 Å². The molecule has 19 nitrogen and oxygen atoms in total. The number of rotatable bonds is 28. The number of hydrogen-bond acceptors (Lipinski definition) is 22. The number of esters is 2. The summed E-state index contributed by atoms with van der Waals surface area (Å²) < 4.78 is 11.5. The van der Waals surface area contributed by atoms with E-state index < -0.39 is 29.5 Å². The zero-order valence-electron chi connectivity index (χ0n) is 43.4. The molecule has 0 aliphatic heterocycles. The summed E-state index contributed by atoms with van der Waals surface area (Å²) in [4.78, 5) is 72.6. The van der Waals surface area contributed by atoms with Crippen molar-refractivity contribution in [3.63, 3.8) is 0 Å². The first-order valence-corrected chi connectivity index (χ1v) is 30.2. The number of hydrogen-bond donors (Lipinski definition) is 1. The Bertz CT molecular complexity index is 3020. The van der Waals surface area contributed by atoms with E-state index in [4.69, 9.17) is 15.2 Å². The molecule has 3 amide bonds. The highest BCUT2D eigenvalue weighted by Crippen LogP contribution is 2.30. The highest BCUT2D eigenvalue weighted by molar-refractivity contribution is 7.99. The fourth-order valence-electron chi connectivity index (χ4n) is 7.02. The van der Waals surface area contributed by atoms with Gasteiger partial charge in [0.25, 0.3) is 0 Å². The van der Waals surface area contributed by atoms with Gasteiger partial charge >= 0.3 is 11.9 Å². The van der Waals surface area contributed by atoms with Crippen LogP contribution < -0.4 is 20.4 Å². The first kappa shape index (κ1) is 58.4. The first-order chi connectivity index (χ1) is 37.0. The Morgan fingerprint density at radius 2 is 0.805 bits per heavy atom. The Labute approximate surface area is 471 Å². The van der Waals surface area contributed by atoms with E-state index >= 15 is 0 Å². The zero-order valence-corrected chi connectivity index (χ0v) is 48.3. The maximum Gasteiger partial charge on any atom is 0.315 e. The van der Waals surface area contributed by atoms with Crippen molar-refractivity contribution in [2.75, 3.05) is 63.5 Å². The molecule has 0 unspecified atom stereocenters. The third-order valence-corrected chi connectivity index (χ3v) is 17.1. The Morgan fingerprint density at radius 1 is 0.468 bits per heavy atom. The maximum atomic E-state index is 14.1. The van der Waals surface area contributed by atoms with Gasteiger partial charge in [0.05, 0.1) is 30.1 Å². The van der Waals surface area contributed by atoms with Crippen molar-refractivity contribution in [3.05, 3.63) is 128 Å². The number of nitrogen functional groups attached to an aromatic ring is 1. The predicted molar refractivity (Wildman–Crippen MR) is 306 cm³/mol. The standard InChI is InChI=1S/C52H60N12O7S6/c1-51(2,3)45(68)70-33-63(43(66)30-36-17-11-7-12-18-36)49-60-56-40(76-49)23-27-73-28-24-41-57-61-50(77-41)64(44(67)31-37-19-13-8-14-20-37)34-71-46(69)52(4,5)32-62(42(65)29-35-15-9-6-10-16-35)48-59-55-39(75-48)22-26-72-25-21-38-54-58-47(53)74-38/h6-20H,21-34H2,1-5H3,(H2,53,58). The van der Waals surface area contributed by atoms with Crippen molar-refractivity contribution < 1.29 is 33.4 Å². The number of amides is 3. The molecular weight excluding hydrogens is 1100 g/mol. The molecule has 0 atom stereocenters. The minimum Gasteiger partial charge on any atom is -0.443 e. The van der Waals surface area contributed by atoms with Gasteiger partial charge in [0.1, 0.15) is 20.0 Å². The number of ether oxygens (including phenoxy) is 2. The third-order valence-electron chi connectivity index (χ3n) is 11.3. The molecule has 0 aliphatic rings. The van der Waals surface area contributed by atoms with E-state index in [2.05, 4.69) is 40.8 Å². The van der Waals surface area contributed by atoms with Crippen LogP contribution in [0.3, 0.4) is 0 Å². The van der Waals surface area contributed by atoms with Gasteiger partial charge in [0, 0.05) is 32.2 Å². The number of benzene rings is 3. The Balaban J connectivity index is 0.953. The Kier molecular flexibility index (Phi) is 21.5. The molecule has 0 fully saturated rings. The average molecular weight is 1160 g/mol. The molecule has 0 saturated heterocycles. The molecule has 0 saturated carbocycles. The van der Waals surface area contributed by atoms with Crippen molar-refractivity contribution in [1.29, 1.82) is 0 Å². The van der Waals surface area contributed by atoms with Gasteiger partial charge in [-0.05, 0) is 74.3 Å². The molecule has 406 valence electrons. The second-order valence-corrected chi connectivity index (χ2v) is 25.7. The average Bonchev–Trinajstić information content (AvgIpc) is 4.26. The van der Waals surface area contributed by atoms with Gasteiger partial charge in [0.2, 0.25) is 38.2 Å². The summed E-state index contributed by atoms with van der Waals surface area (Å²) in [5.74, 6) is 1.06. The summed E-state index contributed by atoms with van der Waals surface area (Å²) in [6, 6.07) is 28.0. The topological polar surface area (TPSA) is 243 Å². The summed E-state index contributed by atoms with van der Waals surface area (Å²) in [5, 5.41) is 38.7. The van der Waals surface area contributed by atoms with Crippen LogP contribution in [-0.2, 0) is 78.4 Å². The highest BCUT2D eigenvalue weighted by atomic mass is 32.2. The van der Waals surface area contributed by atoms with Gasteiger partial charge in [0.15, 0.2) is 13.5 Å². The number of anilines is 4. The summed E-state index contributed by atoms with van der Waals surface area (Å²) in [5.41, 5.74) is 6.12. The van der Waals surface area contributed by atoms with Crippen LogP contribution >= 0.6 is 68.9 Å². The van der Waals surface area contributed by atoms with Crippen molar-refractivity contribution in [2.24, 2.45) is 10.8 Å². The lowest BCUT2D eigenvalue weighted by atomic mass is 9.93. The lowest BCUT2D eigenvalue weighted by molar-refractivity contribution is -0.154. The van der Waals surface area contributed by atoms with Crippen molar-refractivity contribution in [3.8, 4) is 0 Å². The highest BCUT2D eigenvalue weighted by Gasteiger charge is 2.37. The van der Waals surface area contributed by atoms with Crippen LogP contribution in [0.1, 0.15) is 71.3 Å². The SMILES string of the molecule is CC(C)(C)C(=O)OCN(C(=O)Cc1ccccc1)c1nnc(CCSCCc2nnc(N(COC(=O)C(C)(C)CN(C(=O)Cc3ccccc3)c3nnc(CCSCCc4nnc(N)s4)s3)C(=O)Cc3ccccc3)s2)s1. The summed E-state index contributed by atoms with van der Waals surface area (Å²) in [7, 11) is 0. The van der Waals surface area contributed by atoms with E-state index in [1.54, 1.807) is 58.1 Å². The predicted octanol–water partition coefficient (Wildman–Crippen LogP) is 8.21. The lowest BCUT2D eigenvalue weighted by Crippen LogP contribution is -2.45. The van der Waals surface area contributed by atoms with Crippen LogP contribution in [0, 0.1) is 10.8 Å². The summed E-state index contributed by atoms with van der Waals surface area (Å²) >= 11 is 8.63. The zero-order chi connectivity index (χ0) is 54.8. The van der Waals surface area contributed by atoms with Gasteiger partial charge in [-0.15, -0.1) is 40.8 Å². The van der Waals surface area contributed by atoms with Gasteiger partial charge in [-0.25, -0.2) is 0 Å². The van der Waals surface area contributed by atoms with Gasteiger partial charge < -0.3 is 15.2 Å². The quantitative estimate of drug-likeness (QED) is 0.0276. The van der Waals surface area contributed by atoms with Crippen LogP contribution in [0.4, 0.5) is 20.5 Å². The van der Waals surface area contributed by atoms with Gasteiger partial charge in [-0.2, -0.15) is 23.5 Å². The van der Waals surface area contributed by atoms with Crippen molar-refractivity contribution in [1.82, 2.24) is 40.8 Å².